The molecule has 4 rings (SSSR count). The van der Waals surface area contributed by atoms with Gasteiger partial charge in [-0.05, 0) is 49.2 Å². The van der Waals surface area contributed by atoms with E-state index in [1.807, 2.05) is 13.8 Å². The molecule has 1 saturated heterocycles. The summed E-state index contributed by atoms with van der Waals surface area (Å²) < 4.78 is 16.9. The molecule has 1 amide bonds. The Bertz CT molecular complexity index is 1260. The first-order chi connectivity index (χ1) is 16.3. The number of benzene rings is 2. The number of aliphatic hydroxyl groups is 1. The lowest BCUT2D eigenvalue weighted by molar-refractivity contribution is -0.132. The number of aliphatic hydroxyl groups excluding tert-OH is 1. The lowest BCUT2D eigenvalue weighted by atomic mass is 9.99. The van der Waals surface area contributed by atoms with Gasteiger partial charge in [-0.1, -0.05) is 32.0 Å². The van der Waals surface area contributed by atoms with Gasteiger partial charge in [-0.2, -0.15) is 0 Å². The number of ether oxygens (including phenoxy) is 2. The van der Waals surface area contributed by atoms with E-state index < -0.39 is 17.7 Å². The Morgan fingerprint density at radius 3 is 2.47 bits per heavy atom. The largest absolute Gasteiger partial charge is 0.507 e. The van der Waals surface area contributed by atoms with E-state index in [1.54, 1.807) is 67.6 Å². The zero-order valence-corrected chi connectivity index (χ0v) is 19.6. The highest BCUT2D eigenvalue weighted by Crippen LogP contribution is 2.43. The van der Waals surface area contributed by atoms with Crippen molar-refractivity contribution in [2.75, 3.05) is 18.6 Å². The van der Waals surface area contributed by atoms with Crippen LogP contribution in [0.25, 0.3) is 5.76 Å². The van der Waals surface area contributed by atoms with E-state index >= 15 is 0 Å². The summed E-state index contributed by atoms with van der Waals surface area (Å²) in [5.41, 5.74) is 0.773. The maximum Gasteiger partial charge on any atom is 0.300 e. The summed E-state index contributed by atoms with van der Waals surface area (Å²) in [5.74, 6) is 0.553. The van der Waals surface area contributed by atoms with Gasteiger partial charge < -0.3 is 19.0 Å². The molecule has 7 heteroatoms. The topological polar surface area (TPSA) is 89.2 Å². The van der Waals surface area contributed by atoms with E-state index in [2.05, 4.69) is 0 Å². The Morgan fingerprint density at radius 1 is 1.06 bits per heavy atom. The van der Waals surface area contributed by atoms with Crippen molar-refractivity contribution in [3.05, 3.63) is 83.3 Å². The minimum atomic E-state index is -0.943. The van der Waals surface area contributed by atoms with Gasteiger partial charge in [0.2, 0.25) is 0 Å². The van der Waals surface area contributed by atoms with Crippen LogP contribution in [-0.2, 0) is 9.59 Å². The summed E-state index contributed by atoms with van der Waals surface area (Å²) in [5, 5.41) is 11.3. The lowest BCUT2D eigenvalue weighted by Gasteiger charge is -2.23. The number of ketones is 1. The predicted octanol–water partition coefficient (Wildman–Crippen LogP) is 5.26. The average Bonchev–Trinajstić information content (AvgIpc) is 3.38. The van der Waals surface area contributed by atoms with Gasteiger partial charge in [-0.15, -0.1) is 0 Å². The Balaban J connectivity index is 1.85. The normalized spacial score (nSPS) is 17.4. The Labute approximate surface area is 198 Å². The number of rotatable bonds is 7. The molecule has 2 aromatic carbocycles. The van der Waals surface area contributed by atoms with Crippen molar-refractivity contribution in [2.24, 2.45) is 5.92 Å². The van der Waals surface area contributed by atoms with Gasteiger partial charge in [0.15, 0.2) is 0 Å². The maximum atomic E-state index is 13.2. The van der Waals surface area contributed by atoms with Crippen molar-refractivity contribution in [2.45, 2.75) is 26.8 Å². The third-order valence-electron chi connectivity index (χ3n) is 5.50. The van der Waals surface area contributed by atoms with Crippen molar-refractivity contribution >= 4 is 23.1 Å². The fourth-order valence-electron chi connectivity index (χ4n) is 3.88. The molecule has 1 aromatic heterocycles. The molecule has 0 spiro atoms. The number of aryl methyl sites for hydroxylation is 1. The molecule has 34 heavy (non-hydrogen) atoms. The van der Waals surface area contributed by atoms with E-state index in [0.717, 1.165) is 0 Å². The number of hydrogen-bond acceptors (Lipinski definition) is 6. The van der Waals surface area contributed by atoms with Crippen LogP contribution in [0, 0.1) is 12.8 Å². The van der Waals surface area contributed by atoms with Crippen molar-refractivity contribution in [1.29, 1.82) is 0 Å². The van der Waals surface area contributed by atoms with Crippen molar-refractivity contribution in [3.63, 3.8) is 0 Å². The highest BCUT2D eigenvalue weighted by Gasteiger charge is 2.48. The maximum absolute atomic E-state index is 13.2. The molecule has 7 nitrogen and oxygen atoms in total. The Hall–Kier alpha value is -4.00. The zero-order chi connectivity index (χ0) is 24.4. The van der Waals surface area contributed by atoms with Gasteiger partial charge >= 0.3 is 0 Å². The number of anilines is 1. The number of carbonyl (C=O) groups excluding carboxylic acids is 2. The van der Waals surface area contributed by atoms with Crippen molar-refractivity contribution < 1.29 is 28.6 Å². The van der Waals surface area contributed by atoms with Crippen LogP contribution in [-0.4, -0.2) is 30.5 Å². The van der Waals surface area contributed by atoms with Gasteiger partial charge in [-0.3, -0.25) is 14.5 Å². The fourth-order valence-corrected chi connectivity index (χ4v) is 3.88. The second kappa shape index (κ2) is 9.47. The first-order valence-electron chi connectivity index (χ1n) is 11.0. The predicted molar refractivity (Wildman–Crippen MR) is 128 cm³/mol. The summed E-state index contributed by atoms with van der Waals surface area (Å²) in [6.45, 7) is 6.36. The van der Waals surface area contributed by atoms with E-state index in [4.69, 9.17) is 13.9 Å². The molecule has 1 atom stereocenters. The Morgan fingerprint density at radius 2 is 1.79 bits per heavy atom. The summed E-state index contributed by atoms with van der Waals surface area (Å²) >= 11 is 0. The third-order valence-corrected chi connectivity index (χ3v) is 5.50. The summed E-state index contributed by atoms with van der Waals surface area (Å²) in [6.07, 6.45) is 0. The van der Waals surface area contributed by atoms with E-state index in [-0.39, 0.29) is 11.3 Å². The molecule has 1 aliphatic rings. The molecule has 0 bridgehead atoms. The van der Waals surface area contributed by atoms with Crippen molar-refractivity contribution in [1.82, 2.24) is 0 Å². The molecule has 1 aliphatic heterocycles. The van der Waals surface area contributed by atoms with Crippen LogP contribution in [0.5, 0.6) is 11.5 Å². The smallest absolute Gasteiger partial charge is 0.300 e. The number of nitrogens with zero attached hydrogens (tertiary/aromatic N) is 1. The molecule has 1 unspecified atom stereocenters. The molecule has 0 aliphatic carbocycles. The van der Waals surface area contributed by atoms with Crippen LogP contribution in [0.1, 0.15) is 37.0 Å². The molecule has 176 valence electrons. The lowest BCUT2D eigenvalue weighted by Crippen LogP contribution is -2.29. The van der Waals surface area contributed by atoms with Crippen LogP contribution in [0.15, 0.2) is 70.7 Å². The second-order valence-electron chi connectivity index (χ2n) is 8.55. The molecule has 1 N–H and O–H groups in total. The molecular formula is C27H27NO6. The van der Waals surface area contributed by atoms with Crippen molar-refractivity contribution in [3.8, 4) is 11.5 Å². The third kappa shape index (κ3) is 4.41. The van der Waals surface area contributed by atoms with Crippen LogP contribution in [0.3, 0.4) is 0 Å². The quantitative estimate of drug-likeness (QED) is 0.293. The molecule has 1 fully saturated rings. The standard InChI is InChI=1S/C27H27NO6/c1-16(2)15-33-21-10-5-7-18(13-21)25(29)23-24(22-12-11-17(3)34-22)28(27(31)26(23)30)19-8-6-9-20(14-19)32-4/h5-14,16,24,29H,15H2,1-4H3/b25-23-. The van der Waals surface area contributed by atoms with Gasteiger partial charge in [0.05, 0.1) is 19.3 Å². The highest BCUT2D eigenvalue weighted by molar-refractivity contribution is 6.51. The number of amides is 1. The highest BCUT2D eigenvalue weighted by atomic mass is 16.5. The number of furan rings is 1. The van der Waals surface area contributed by atoms with Gasteiger partial charge in [0.1, 0.15) is 34.8 Å². The number of hydrogen-bond donors (Lipinski definition) is 1. The number of methoxy groups -OCH3 is 1. The second-order valence-corrected chi connectivity index (χ2v) is 8.55. The molecule has 3 aromatic rings. The van der Waals surface area contributed by atoms with E-state index in [1.165, 1.54) is 12.0 Å². The van der Waals surface area contributed by atoms with Gasteiger partial charge in [0.25, 0.3) is 11.7 Å². The minimum Gasteiger partial charge on any atom is -0.507 e. The SMILES string of the molecule is COc1cccc(N2C(=O)C(=O)/C(=C(\O)c3cccc(OCC(C)C)c3)C2c2ccc(C)o2)c1. The average molecular weight is 462 g/mol. The number of carbonyl (C=O) groups is 2. The first-order valence-corrected chi connectivity index (χ1v) is 11.0. The molecule has 0 saturated carbocycles. The van der Waals surface area contributed by atoms with Gasteiger partial charge in [0, 0.05) is 17.3 Å². The molecular weight excluding hydrogens is 434 g/mol. The first kappa shape index (κ1) is 23.2. The summed E-state index contributed by atoms with van der Waals surface area (Å²) in [7, 11) is 1.52. The van der Waals surface area contributed by atoms with Crippen LogP contribution >= 0.6 is 0 Å². The van der Waals surface area contributed by atoms with Gasteiger partial charge in [-0.25, -0.2) is 0 Å². The van der Waals surface area contributed by atoms with E-state index in [9.17, 15) is 14.7 Å². The monoisotopic (exact) mass is 461 g/mol. The van der Waals surface area contributed by atoms with Crippen LogP contribution < -0.4 is 14.4 Å². The minimum absolute atomic E-state index is 0.0526. The molecule has 2 heterocycles. The Kier molecular flexibility index (Phi) is 6.45. The summed E-state index contributed by atoms with van der Waals surface area (Å²) in [4.78, 5) is 27.8. The van der Waals surface area contributed by atoms with Crippen LogP contribution in [0.4, 0.5) is 5.69 Å². The zero-order valence-electron chi connectivity index (χ0n) is 19.6. The van der Waals surface area contributed by atoms with E-state index in [0.29, 0.717) is 46.8 Å². The fraction of sp³-hybridized carbons (Fsp3) is 0.259. The summed E-state index contributed by atoms with van der Waals surface area (Å²) in [6, 6.07) is 16.2. The molecule has 0 radical (unpaired) electrons. The number of Topliss-reactive ketones (excluding diaryl/α,β-unsaturated/α-hetero) is 1. The van der Waals surface area contributed by atoms with Crippen LogP contribution in [0.2, 0.25) is 0 Å².